The van der Waals surface area contributed by atoms with Gasteiger partial charge in [0.05, 0.1) is 0 Å². The third-order valence-corrected chi connectivity index (χ3v) is 3.19. The van der Waals surface area contributed by atoms with Gasteiger partial charge in [-0.2, -0.15) is 4.37 Å². The predicted octanol–water partition coefficient (Wildman–Crippen LogP) is 3.15. The first-order valence-electron chi connectivity index (χ1n) is 5.99. The summed E-state index contributed by atoms with van der Waals surface area (Å²) < 4.78 is 4.30. The van der Waals surface area contributed by atoms with Crippen LogP contribution in [0.15, 0.2) is 30.3 Å². The molecule has 0 unspecified atom stereocenters. The number of benzene rings is 1. The van der Waals surface area contributed by atoms with Crippen molar-refractivity contribution in [3.05, 3.63) is 41.7 Å². The molecule has 0 bridgehead atoms. The largest absolute Gasteiger partial charge is 0.360 e. The Morgan fingerprint density at radius 1 is 1.18 bits per heavy atom. The molecule has 0 fully saturated rings. The first-order valence-corrected chi connectivity index (χ1v) is 6.76. The molecule has 0 aliphatic rings. The molecule has 1 aromatic carbocycles. The van der Waals surface area contributed by atoms with E-state index in [1.54, 1.807) is 0 Å². The van der Waals surface area contributed by atoms with Gasteiger partial charge in [-0.1, -0.05) is 37.3 Å². The van der Waals surface area contributed by atoms with Crippen LogP contribution in [0.5, 0.6) is 0 Å². The van der Waals surface area contributed by atoms with Gasteiger partial charge in [0.25, 0.3) is 0 Å². The topological polar surface area (TPSA) is 37.8 Å². The Kier molecular flexibility index (Phi) is 4.50. The van der Waals surface area contributed by atoms with Crippen LogP contribution in [0.1, 0.15) is 24.7 Å². The van der Waals surface area contributed by atoms with Crippen LogP contribution in [0.2, 0.25) is 0 Å². The van der Waals surface area contributed by atoms with Crippen molar-refractivity contribution in [2.45, 2.75) is 26.2 Å². The first kappa shape index (κ1) is 12.0. The van der Waals surface area contributed by atoms with E-state index in [1.165, 1.54) is 17.1 Å². The maximum absolute atomic E-state index is 4.43. The zero-order valence-electron chi connectivity index (χ0n) is 10.0. The Morgan fingerprint density at radius 2 is 2.00 bits per heavy atom. The fourth-order valence-corrected chi connectivity index (χ4v) is 2.25. The van der Waals surface area contributed by atoms with E-state index in [2.05, 4.69) is 45.9 Å². The zero-order chi connectivity index (χ0) is 11.9. The fraction of sp³-hybridized carbons (Fsp3) is 0.385. The second kappa shape index (κ2) is 6.35. The number of nitrogens with zero attached hydrogens (tertiary/aromatic N) is 2. The minimum Gasteiger partial charge on any atom is -0.360 e. The van der Waals surface area contributed by atoms with Crippen LogP contribution in [0.25, 0.3) is 0 Å². The first-order chi connectivity index (χ1) is 8.38. The quantitative estimate of drug-likeness (QED) is 0.852. The molecule has 3 nitrogen and oxygen atoms in total. The summed E-state index contributed by atoms with van der Waals surface area (Å²) in [5.74, 6) is 0.958. The number of aromatic nitrogens is 2. The van der Waals surface area contributed by atoms with Crippen LogP contribution in [0.4, 0.5) is 5.13 Å². The van der Waals surface area contributed by atoms with E-state index in [1.807, 2.05) is 6.07 Å². The van der Waals surface area contributed by atoms with Crippen molar-refractivity contribution < 1.29 is 0 Å². The Morgan fingerprint density at radius 3 is 2.76 bits per heavy atom. The van der Waals surface area contributed by atoms with Crippen molar-refractivity contribution in [3.63, 3.8) is 0 Å². The number of hydrogen-bond acceptors (Lipinski definition) is 4. The molecule has 90 valence electrons. The summed E-state index contributed by atoms with van der Waals surface area (Å²) in [5, 5.41) is 4.25. The predicted molar refractivity (Wildman–Crippen MR) is 72.5 cm³/mol. The van der Waals surface area contributed by atoms with Gasteiger partial charge in [-0.3, -0.25) is 0 Å². The van der Waals surface area contributed by atoms with Crippen molar-refractivity contribution in [1.82, 2.24) is 9.36 Å². The SMILES string of the molecule is CCCc1nsc(NCCc2ccccc2)n1. The maximum Gasteiger partial charge on any atom is 0.202 e. The molecule has 17 heavy (non-hydrogen) atoms. The Balaban J connectivity index is 1.78. The van der Waals surface area contributed by atoms with Gasteiger partial charge in [-0.05, 0) is 18.4 Å². The molecule has 0 aliphatic carbocycles. The van der Waals surface area contributed by atoms with E-state index in [-0.39, 0.29) is 0 Å². The van der Waals surface area contributed by atoms with Gasteiger partial charge in [0, 0.05) is 24.5 Å². The molecular weight excluding hydrogens is 230 g/mol. The van der Waals surface area contributed by atoms with Gasteiger partial charge in [-0.15, -0.1) is 0 Å². The van der Waals surface area contributed by atoms with E-state index in [9.17, 15) is 0 Å². The third-order valence-electron chi connectivity index (χ3n) is 2.47. The van der Waals surface area contributed by atoms with Gasteiger partial charge in [0.15, 0.2) is 0 Å². The number of aryl methyl sites for hydroxylation is 1. The maximum atomic E-state index is 4.43. The lowest BCUT2D eigenvalue weighted by molar-refractivity contribution is 0.860. The average Bonchev–Trinajstić information content (AvgIpc) is 2.79. The van der Waals surface area contributed by atoms with Gasteiger partial charge < -0.3 is 5.32 Å². The van der Waals surface area contributed by atoms with E-state index in [4.69, 9.17) is 0 Å². The van der Waals surface area contributed by atoms with Gasteiger partial charge in [0.1, 0.15) is 5.82 Å². The molecular formula is C13H17N3S. The molecule has 1 heterocycles. The van der Waals surface area contributed by atoms with Crippen molar-refractivity contribution in [3.8, 4) is 0 Å². The summed E-state index contributed by atoms with van der Waals surface area (Å²) in [6.45, 7) is 3.05. The minimum atomic E-state index is 0.908. The standard InChI is InChI=1S/C13H17N3S/c1-2-6-12-15-13(17-16-12)14-10-9-11-7-4-3-5-8-11/h3-5,7-8H,2,6,9-10H2,1H3,(H,14,15,16). The Bertz CT molecular complexity index is 439. The molecule has 2 aromatic rings. The lowest BCUT2D eigenvalue weighted by Crippen LogP contribution is -2.04. The number of anilines is 1. The molecule has 0 aliphatic heterocycles. The normalized spacial score (nSPS) is 10.4. The van der Waals surface area contributed by atoms with Crippen LogP contribution in [-0.4, -0.2) is 15.9 Å². The highest BCUT2D eigenvalue weighted by Crippen LogP contribution is 2.12. The lowest BCUT2D eigenvalue weighted by Gasteiger charge is -2.01. The Hall–Kier alpha value is -1.42. The summed E-state index contributed by atoms with van der Waals surface area (Å²) in [5.41, 5.74) is 1.35. The van der Waals surface area contributed by atoms with Crippen molar-refractivity contribution in [2.24, 2.45) is 0 Å². The number of rotatable bonds is 6. The van der Waals surface area contributed by atoms with Gasteiger partial charge in [0.2, 0.25) is 5.13 Å². The number of nitrogens with one attached hydrogen (secondary N) is 1. The molecule has 0 amide bonds. The van der Waals surface area contributed by atoms with Crippen LogP contribution < -0.4 is 5.32 Å². The smallest absolute Gasteiger partial charge is 0.202 e. The molecule has 0 radical (unpaired) electrons. The highest BCUT2D eigenvalue weighted by Gasteiger charge is 2.01. The highest BCUT2D eigenvalue weighted by molar-refractivity contribution is 7.09. The summed E-state index contributed by atoms with van der Waals surface area (Å²) in [4.78, 5) is 4.43. The lowest BCUT2D eigenvalue weighted by atomic mass is 10.2. The van der Waals surface area contributed by atoms with E-state index >= 15 is 0 Å². The van der Waals surface area contributed by atoms with Crippen LogP contribution in [-0.2, 0) is 12.8 Å². The van der Waals surface area contributed by atoms with E-state index in [0.717, 1.165) is 36.8 Å². The van der Waals surface area contributed by atoms with Crippen molar-refractivity contribution >= 4 is 16.7 Å². The summed E-state index contributed by atoms with van der Waals surface area (Å²) in [6, 6.07) is 10.5. The van der Waals surface area contributed by atoms with Gasteiger partial charge in [-0.25, -0.2) is 4.98 Å². The summed E-state index contributed by atoms with van der Waals surface area (Å²) >= 11 is 1.45. The molecule has 0 saturated heterocycles. The van der Waals surface area contributed by atoms with Crippen LogP contribution >= 0.6 is 11.5 Å². The van der Waals surface area contributed by atoms with E-state index in [0.29, 0.717) is 0 Å². The average molecular weight is 247 g/mol. The highest BCUT2D eigenvalue weighted by atomic mass is 32.1. The van der Waals surface area contributed by atoms with E-state index < -0.39 is 0 Å². The van der Waals surface area contributed by atoms with Crippen molar-refractivity contribution in [1.29, 1.82) is 0 Å². The molecule has 0 saturated carbocycles. The monoisotopic (exact) mass is 247 g/mol. The second-order valence-electron chi connectivity index (χ2n) is 3.93. The molecule has 0 atom stereocenters. The zero-order valence-corrected chi connectivity index (χ0v) is 10.8. The molecule has 0 spiro atoms. The Labute approximate surface area is 106 Å². The minimum absolute atomic E-state index is 0.908. The summed E-state index contributed by atoms with van der Waals surface area (Å²) in [6.07, 6.45) is 3.08. The van der Waals surface area contributed by atoms with Crippen LogP contribution in [0, 0.1) is 0 Å². The molecule has 1 N–H and O–H groups in total. The molecule has 4 heteroatoms. The van der Waals surface area contributed by atoms with Crippen LogP contribution in [0.3, 0.4) is 0 Å². The van der Waals surface area contributed by atoms with Crippen molar-refractivity contribution in [2.75, 3.05) is 11.9 Å². The fourth-order valence-electron chi connectivity index (χ4n) is 1.61. The number of hydrogen-bond donors (Lipinski definition) is 1. The molecule has 1 aromatic heterocycles. The third kappa shape index (κ3) is 3.82. The van der Waals surface area contributed by atoms with Gasteiger partial charge >= 0.3 is 0 Å². The summed E-state index contributed by atoms with van der Waals surface area (Å²) in [7, 11) is 0. The molecule has 2 rings (SSSR count). The second-order valence-corrected chi connectivity index (χ2v) is 4.68.